The Balaban J connectivity index is 2.95. The van der Waals surface area contributed by atoms with E-state index in [0.29, 0.717) is 13.0 Å². The summed E-state index contributed by atoms with van der Waals surface area (Å²) in [6, 6.07) is 0. The highest BCUT2D eigenvalue weighted by atomic mass is 16.6. The third-order valence-corrected chi connectivity index (χ3v) is 1.94. The van der Waals surface area contributed by atoms with Gasteiger partial charge in [-0.05, 0) is 25.7 Å². The zero-order valence-electron chi connectivity index (χ0n) is 8.63. The van der Waals surface area contributed by atoms with Crippen LogP contribution in [0.3, 0.4) is 0 Å². The molecule has 0 saturated heterocycles. The molecular formula is C11H21O2. The molecule has 13 heavy (non-hydrogen) atoms. The fourth-order valence-corrected chi connectivity index (χ4v) is 1.08. The van der Waals surface area contributed by atoms with Gasteiger partial charge in [0.15, 0.2) is 6.29 Å². The highest BCUT2D eigenvalue weighted by Crippen LogP contribution is 2.04. The Morgan fingerprint density at radius 2 is 2.00 bits per heavy atom. The molecule has 0 fully saturated rings. The van der Waals surface area contributed by atoms with Crippen molar-refractivity contribution in [2.75, 3.05) is 6.61 Å². The second kappa shape index (κ2) is 9.75. The molecule has 0 rings (SSSR count). The van der Waals surface area contributed by atoms with Crippen LogP contribution in [0.25, 0.3) is 0 Å². The first-order valence-corrected chi connectivity index (χ1v) is 5.19. The second-order valence-corrected chi connectivity index (χ2v) is 3.20. The first kappa shape index (κ1) is 12.7. The molecular weight excluding hydrogens is 164 g/mol. The van der Waals surface area contributed by atoms with Gasteiger partial charge in [0.05, 0.1) is 0 Å². The largest absolute Gasteiger partial charge is 0.350 e. The van der Waals surface area contributed by atoms with Gasteiger partial charge >= 0.3 is 0 Å². The van der Waals surface area contributed by atoms with E-state index >= 15 is 0 Å². The zero-order chi connectivity index (χ0) is 9.94. The number of rotatable bonds is 9. The molecule has 0 aromatic carbocycles. The van der Waals surface area contributed by atoms with Crippen LogP contribution in [0.5, 0.6) is 0 Å². The summed E-state index contributed by atoms with van der Waals surface area (Å²) in [4.78, 5) is 0. The molecule has 0 aliphatic carbocycles. The Bertz CT molecular complexity index is 113. The average molecular weight is 185 g/mol. The standard InChI is InChI=1S/C11H21O2/c1-3-5-6-7-8-9-10-13-11(12)4-2/h3,11H,1,4-10H2,2H3. The van der Waals surface area contributed by atoms with Gasteiger partial charge in [-0.15, -0.1) is 6.58 Å². The minimum Gasteiger partial charge on any atom is -0.350 e. The Labute approximate surface area is 81.6 Å². The lowest BCUT2D eigenvalue weighted by Gasteiger charge is -2.06. The van der Waals surface area contributed by atoms with E-state index in [1.165, 1.54) is 12.8 Å². The third-order valence-electron chi connectivity index (χ3n) is 1.94. The third kappa shape index (κ3) is 9.57. The number of ether oxygens (including phenoxy) is 1. The van der Waals surface area contributed by atoms with Crippen molar-refractivity contribution in [3.8, 4) is 0 Å². The molecule has 0 aromatic heterocycles. The van der Waals surface area contributed by atoms with Crippen molar-refractivity contribution in [3.05, 3.63) is 12.7 Å². The lowest BCUT2D eigenvalue weighted by Crippen LogP contribution is -2.09. The van der Waals surface area contributed by atoms with Crippen molar-refractivity contribution in [2.45, 2.75) is 51.7 Å². The van der Waals surface area contributed by atoms with Crippen LogP contribution >= 0.6 is 0 Å². The predicted molar refractivity (Wildman–Crippen MR) is 54.0 cm³/mol. The molecule has 0 spiro atoms. The molecule has 2 nitrogen and oxygen atoms in total. The summed E-state index contributed by atoms with van der Waals surface area (Å²) in [6.07, 6.45) is 7.38. The fraction of sp³-hybridized carbons (Fsp3) is 0.818. The van der Waals surface area contributed by atoms with Crippen LogP contribution in [0.2, 0.25) is 0 Å². The van der Waals surface area contributed by atoms with Gasteiger partial charge in [-0.1, -0.05) is 25.8 Å². The van der Waals surface area contributed by atoms with Crippen LogP contribution in [-0.2, 0) is 9.84 Å². The van der Waals surface area contributed by atoms with Crippen LogP contribution in [0, 0.1) is 0 Å². The average Bonchev–Trinajstić information content (AvgIpc) is 2.16. The Hall–Kier alpha value is -0.340. The molecule has 1 atom stereocenters. The maximum Gasteiger partial charge on any atom is 0.191 e. The van der Waals surface area contributed by atoms with Gasteiger partial charge in [0.25, 0.3) is 0 Å². The van der Waals surface area contributed by atoms with Gasteiger partial charge in [0.1, 0.15) is 0 Å². The van der Waals surface area contributed by atoms with Gasteiger partial charge in [0.2, 0.25) is 0 Å². The SMILES string of the molecule is C=CCCCCCCOC([O])CC. The minimum atomic E-state index is -0.812. The topological polar surface area (TPSA) is 29.1 Å². The van der Waals surface area contributed by atoms with Crippen LogP contribution in [0.4, 0.5) is 0 Å². The normalized spacial score (nSPS) is 12.8. The Kier molecular flexibility index (Phi) is 9.49. The Morgan fingerprint density at radius 3 is 2.62 bits per heavy atom. The molecule has 77 valence electrons. The van der Waals surface area contributed by atoms with E-state index in [-0.39, 0.29) is 0 Å². The molecule has 0 bridgehead atoms. The lowest BCUT2D eigenvalue weighted by molar-refractivity contribution is -0.141. The van der Waals surface area contributed by atoms with Gasteiger partial charge < -0.3 is 4.74 Å². The summed E-state index contributed by atoms with van der Waals surface area (Å²) >= 11 is 0. The molecule has 0 saturated carbocycles. The maximum atomic E-state index is 10.8. The maximum absolute atomic E-state index is 10.8. The predicted octanol–water partition coefficient (Wildman–Crippen LogP) is 3.31. The van der Waals surface area contributed by atoms with Crippen LogP contribution in [-0.4, -0.2) is 12.9 Å². The molecule has 0 aliphatic rings. The van der Waals surface area contributed by atoms with Crippen molar-refractivity contribution < 1.29 is 9.84 Å². The molecule has 1 radical (unpaired) electrons. The van der Waals surface area contributed by atoms with E-state index in [9.17, 15) is 5.11 Å². The van der Waals surface area contributed by atoms with E-state index in [1.54, 1.807) is 0 Å². The quantitative estimate of drug-likeness (QED) is 0.308. The highest BCUT2D eigenvalue weighted by Gasteiger charge is 2.00. The van der Waals surface area contributed by atoms with Crippen molar-refractivity contribution in [1.29, 1.82) is 0 Å². The number of allylic oxidation sites excluding steroid dienone is 1. The summed E-state index contributed by atoms with van der Waals surface area (Å²) < 4.78 is 5.02. The molecule has 0 N–H and O–H groups in total. The lowest BCUT2D eigenvalue weighted by atomic mass is 10.1. The molecule has 2 heteroatoms. The van der Waals surface area contributed by atoms with E-state index in [2.05, 4.69) is 6.58 Å². The first-order chi connectivity index (χ1) is 6.31. The molecule has 0 aliphatic heterocycles. The van der Waals surface area contributed by atoms with E-state index in [0.717, 1.165) is 19.3 Å². The van der Waals surface area contributed by atoms with Crippen molar-refractivity contribution in [1.82, 2.24) is 0 Å². The number of unbranched alkanes of at least 4 members (excludes halogenated alkanes) is 4. The van der Waals surface area contributed by atoms with Crippen LogP contribution in [0.15, 0.2) is 12.7 Å². The van der Waals surface area contributed by atoms with Crippen molar-refractivity contribution in [3.63, 3.8) is 0 Å². The van der Waals surface area contributed by atoms with Gasteiger partial charge in [-0.3, -0.25) is 0 Å². The van der Waals surface area contributed by atoms with E-state index in [4.69, 9.17) is 4.74 Å². The van der Waals surface area contributed by atoms with E-state index < -0.39 is 6.29 Å². The second-order valence-electron chi connectivity index (χ2n) is 3.20. The Morgan fingerprint density at radius 1 is 1.31 bits per heavy atom. The smallest absolute Gasteiger partial charge is 0.191 e. The minimum absolute atomic E-state index is 0.566. The van der Waals surface area contributed by atoms with Crippen molar-refractivity contribution in [2.24, 2.45) is 0 Å². The molecule has 0 heterocycles. The monoisotopic (exact) mass is 185 g/mol. The molecule has 0 amide bonds. The fourth-order valence-electron chi connectivity index (χ4n) is 1.08. The van der Waals surface area contributed by atoms with Gasteiger partial charge in [-0.25, -0.2) is 5.11 Å². The zero-order valence-corrected chi connectivity index (χ0v) is 8.63. The molecule has 0 aromatic rings. The highest BCUT2D eigenvalue weighted by molar-refractivity contribution is 4.65. The first-order valence-electron chi connectivity index (χ1n) is 5.19. The van der Waals surface area contributed by atoms with Crippen LogP contribution in [0.1, 0.15) is 45.4 Å². The number of hydrogen-bond donors (Lipinski definition) is 0. The van der Waals surface area contributed by atoms with Crippen LogP contribution < -0.4 is 0 Å². The summed E-state index contributed by atoms with van der Waals surface area (Å²) in [5, 5.41) is 10.8. The summed E-state index contributed by atoms with van der Waals surface area (Å²) in [7, 11) is 0. The van der Waals surface area contributed by atoms with Crippen molar-refractivity contribution >= 4 is 0 Å². The summed E-state index contributed by atoms with van der Waals surface area (Å²) in [5.41, 5.74) is 0. The van der Waals surface area contributed by atoms with Gasteiger partial charge in [-0.2, -0.15) is 0 Å². The summed E-state index contributed by atoms with van der Waals surface area (Å²) in [6.45, 7) is 6.13. The summed E-state index contributed by atoms with van der Waals surface area (Å²) in [5.74, 6) is 0. The molecule has 1 unspecified atom stereocenters. The van der Waals surface area contributed by atoms with E-state index in [1.807, 2.05) is 13.0 Å². The van der Waals surface area contributed by atoms with Gasteiger partial charge in [0, 0.05) is 6.61 Å². The number of hydrogen-bond acceptors (Lipinski definition) is 1.